The average molecular weight is 398 g/mol. The van der Waals surface area contributed by atoms with Crippen molar-refractivity contribution in [1.82, 2.24) is 0 Å². The monoisotopic (exact) mass is 397 g/mol. The highest BCUT2D eigenvalue weighted by Gasteiger charge is 2.26. The largest absolute Gasteiger partial charge is 0.488 e. The zero-order valence-electron chi connectivity index (χ0n) is 16.7. The Morgan fingerprint density at radius 3 is 2.15 bits per heavy atom. The molecule has 0 bridgehead atoms. The van der Waals surface area contributed by atoms with Crippen molar-refractivity contribution in [2.24, 2.45) is 5.41 Å². The zero-order valence-corrected chi connectivity index (χ0v) is 18.3. The van der Waals surface area contributed by atoms with E-state index >= 15 is 0 Å². The van der Waals surface area contributed by atoms with Gasteiger partial charge in [0.1, 0.15) is 11.4 Å². The molecular weight excluding hydrogens is 370 g/mol. The van der Waals surface area contributed by atoms with E-state index in [1.807, 2.05) is 77.1 Å². The third-order valence-corrected chi connectivity index (χ3v) is 5.63. The molecule has 0 aromatic heterocycles. The molecule has 0 aliphatic heterocycles. The van der Waals surface area contributed by atoms with Crippen molar-refractivity contribution in [3.63, 3.8) is 0 Å². The second-order valence-corrected chi connectivity index (χ2v) is 10.1. The summed E-state index contributed by atoms with van der Waals surface area (Å²) in [5, 5.41) is 9.61. The van der Waals surface area contributed by atoms with Gasteiger partial charge in [0, 0.05) is 5.25 Å². The van der Waals surface area contributed by atoms with Crippen LogP contribution in [-0.2, 0) is 0 Å². The maximum atomic E-state index is 9.50. The number of rotatable bonds is 6. The summed E-state index contributed by atoms with van der Waals surface area (Å²) in [6, 6.07) is 20.6. The molecule has 27 heavy (non-hydrogen) atoms. The molecule has 0 saturated carbocycles. The summed E-state index contributed by atoms with van der Waals surface area (Å²) in [5.41, 5.74) is 1.55. The molecule has 0 fully saturated rings. The van der Waals surface area contributed by atoms with Crippen LogP contribution in [0, 0.1) is 16.7 Å². The van der Waals surface area contributed by atoms with Crippen LogP contribution in [0.5, 0.6) is 5.75 Å². The lowest BCUT2D eigenvalue weighted by Gasteiger charge is -2.25. The minimum atomic E-state index is -0.426. The van der Waals surface area contributed by atoms with Gasteiger partial charge in [-0.1, -0.05) is 54.7 Å². The first-order valence-electron chi connectivity index (χ1n) is 9.06. The highest BCUT2D eigenvalue weighted by Crippen LogP contribution is 2.41. The number of ether oxygens (including phenoxy) is 1. The van der Waals surface area contributed by atoms with Crippen molar-refractivity contribution >= 4 is 28.2 Å². The van der Waals surface area contributed by atoms with E-state index in [0.717, 1.165) is 27.5 Å². The highest BCUT2D eigenvalue weighted by atomic mass is 32.2. The van der Waals surface area contributed by atoms with Gasteiger partial charge in [-0.25, -0.2) is 0 Å². The molecule has 2 nitrogen and oxygen atoms in total. The number of hydrogen-bond donors (Lipinski definition) is 0. The Kier molecular flexibility index (Phi) is 7.08. The molecule has 2 rings (SSSR count). The highest BCUT2D eigenvalue weighted by molar-refractivity contribution is 8.23. The Balaban J connectivity index is 2.24. The van der Waals surface area contributed by atoms with E-state index in [1.165, 1.54) is 0 Å². The Bertz CT molecular complexity index is 799. The standard InChI is InChI=1S/C23H27NOS2/c1-22(2,3)25-19-13-11-17(12-14-19)20(15-23(4,5)16-24)27-21(26)18-9-7-6-8-10-18/h6-14,20H,15H2,1-5H3. The van der Waals surface area contributed by atoms with Crippen LogP contribution in [0.25, 0.3) is 0 Å². The molecule has 142 valence electrons. The molecular formula is C23H27NOS2. The fraction of sp³-hybridized carbons (Fsp3) is 0.391. The van der Waals surface area contributed by atoms with E-state index in [0.29, 0.717) is 0 Å². The van der Waals surface area contributed by atoms with Gasteiger partial charge in [0.2, 0.25) is 0 Å². The zero-order chi connectivity index (χ0) is 20.1. The van der Waals surface area contributed by atoms with Crippen molar-refractivity contribution < 1.29 is 4.74 Å². The maximum Gasteiger partial charge on any atom is 0.120 e. The predicted molar refractivity (Wildman–Crippen MR) is 119 cm³/mol. The van der Waals surface area contributed by atoms with E-state index < -0.39 is 5.41 Å². The summed E-state index contributed by atoms with van der Waals surface area (Å²) < 4.78 is 6.78. The normalized spacial score (nSPS) is 12.9. The molecule has 1 unspecified atom stereocenters. The van der Waals surface area contributed by atoms with Gasteiger partial charge in [0.15, 0.2) is 0 Å². The van der Waals surface area contributed by atoms with Gasteiger partial charge in [0.05, 0.1) is 15.7 Å². The first-order chi connectivity index (χ1) is 12.6. The van der Waals surface area contributed by atoms with Crippen LogP contribution in [0.1, 0.15) is 57.4 Å². The minimum Gasteiger partial charge on any atom is -0.488 e. The molecule has 0 heterocycles. The lowest BCUT2D eigenvalue weighted by Crippen LogP contribution is -2.22. The number of thioether (sulfide) groups is 1. The number of hydrogen-bond acceptors (Lipinski definition) is 4. The second-order valence-electron chi connectivity index (χ2n) is 8.24. The van der Waals surface area contributed by atoms with Crippen LogP contribution in [0.3, 0.4) is 0 Å². The van der Waals surface area contributed by atoms with Gasteiger partial charge in [-0.05, 0) is 64.3 Å². The summed E-state index contributed by atoms with van der Waals surface area (Å²) in [5.74, 6) is 0.847. The van der Waals surface area contributed by atoms with Gasteiger partial charge in [-0.3, -0.25) is 0 Å². The van der Waals surface area contributed by atoms with E-state index in [9.17, 15) is 5.26 Å². The molecule has 0 aliphatic rings. The summed E-state index contributed by atoms with van der Waals surface area (Å²) >= 11 is 7.33. The maximum absolute atomic E-state index is 9.50. The van der Waals surface area contributed by atoms with Crippen molar-refractivity contribution in [2.45, 2.75) is 51.9 Å². The fourth-order valence-corrected chi connectivity index (χ4v) is 4.42. The summed E-state index contributed by atoms with van der Waals surface area (Å²) in [7, 11) is 0. The Labute approximate surface area is 172 Å². The first kappa shape index (κ1) is 21.5. The molecule has 2 aromatic carbocycles. The van der Waals surface area contributed by atoms with Crippen LogP contribution in [0.15, 0.2) is 54.6 Å². The van der Waals surface area contributed by atoms with E-state index in [4.69, 9.17) is 17.0 Å². The van der Waals surface area contributed by atoms with Crippen LogP contribution in [0.4, 0.5) is 0 Å². The van der Waals surface area contributed by atoms with E-state index in [1.54, 1.807) is 11.8 Å². The van der Waals surface area contributed by atoms with E-state index in [-0.39, 0.29) is 10.9 Å². The van der Waals surface area contributed by atoms with Crippen molar-refractivity contribution in [3.8, 4) is 11.8 Å². The van der Waals surface area contributed by atoms with Crippen molar-refractivity contribution in [3.05, 3.63) is 65.7 Å². The molecule has 0 radical (unpaired) electrons. The Morgan fingerprint density at radius 1 is 1.04 bits per heavy atom. The predicted octanol–water partition coefficient (Wildman–Crippen LogP) is 6.95. The SMILES string of the molecule is CC(C)(C#N)CC(SC(=S)c1ccccc1)c1ccc(OC(C)(C)C)cc1. The van der Waals surface area contributed by atoms with Gasteiger partial charge in [-0.15, -0.1) is 11.8 Å². The molecule has 0 spiro atoms. The molecule has 1 atom stereocenters. The van der Waals surface area contributed by atoms with Crippen molar-refractivity contribution in [2.75, 3.05) is 0 Å². The number of thiocarbonyl (C=S) groups is 1. The smallest absolute Gasteiger partial charge is 0.120 e. The summed E-state index contributed by atoms with van der Waals surface area (Å²) in [4.78, 5) is 0. The van der Waals surface area contributed by atoms with Gasteiger partial charge in [0.25, 0.3) is 0 Å². The fourth-order valence-electron chi connectivity index (χ4n) is 2.61. The number of nitrogens with zero attached hydrogens (tertiary/aromatic N) is 1. The van der Waals surface area contributed by atoms with Crippen LogP contribution >= 0.6 is 24.0 Å². The van der Waals surface area contributed by atoms with Crippen molar-refractivity contribution in [1.29, 1.82) is 5.26 Å². The topological polar surface area (TPSA) is 33.0 Å². The Hall–Kier alpha value is -1.83. The first-order valence-corrected chi connectivity index (χ1v) is 10.3. The van der Waals surface area contributed by atoms with Crippen LogP contribution < -0.4 is 4.74 Å². The van der Waals surface area contributed by atoms with Crippen LogP contribution in [-0.4, -0.2) is 9.80 Å². The minimum absolute atomic E-state index is 0.107. The Morgan fingerprint density at radius 2 is 1.63 bits per heavy atom. The summed E-state index contributed by atoms with van der Waals surface area (Å²) in [6.07, 6.45) is 0.723. The van der Waals surface area contributed by atoms with Gasteiger partial charge in [-0.2, -0.15) is 5.26 Å². The molecule has 0 amide bonds. The quantitative estimate of drug-likeness (QED) is 0.494. The van der Waals surface area contributed by atoms with Gasteiger partial charge >= 0.3 is 0 Å². The van der Waals surface area contributed by atoms with E-state index in [2.05, 4.69) is 18.2 Å². The molecule has 0 saturated heterocycles. The van der Waals surface area contributed by atoms with Crippen LogP contribution in [0.2, 0.25) is 0 Å². The third kappa shape index (κ3) is 7.01. The molecule has 2 aromatic rings. The second kappa shape index (κ2) is 8.91. The number of nitriles is 1. The third-order valence-electron chi connectivity index (χ3n) is 3.93. The number of benzene rings is 2. The lowest BCUT2D eigenvalue weighted by molar-refractivity contribution is 0.131. The molecule has 0 N–H and O–H groups in total. The average Bonchev–Trinajstić information content (AvgIpc) is 2.61. The molecule has 4 heteroatoms. The molecule has 0 aliphatic carbocycles. The van der Waals surface area contributed by atoms with Gasteiger partial charge < -0.3 is 4.74 Å². The lowest BCUT2D eigenvalue weighted by atomic mass is 9.87. The summed E-state index contributed by atoms with van der Waals surface area (Å²) in [6.45, 7) is 10.1.